The number of methoxy groups -OCH3 is 1. The molecule has 1 N–H and O–H groups in total. The van der Waals surface area contributed by atoms with Crippen LogP contribution in [0.3, 0.4) is 0 Å². The molecule has 0 bridgehead atoms. The van der Waals surface area contributed by atoms with Crippen LogP contribution in [0.25, 0.3) is 0 Å². The number of nitrogens with one attached hydrogen (secondary N) is 1. The molecule has 0 radical (unpaired) electrons. The van der Waals surface area contributed by atoms with Crippen molar-refractivity contribution in [3.8, 4) is 0 Å². The van der Waals surface area contributed by atoms with Crippen LogP contribution < -0.4 is 5.32 Å². The van der Waals surface area contributed by atoms with Crippen molar-refractivity contribution in [2.75, 3.05) is 46.6 Å². The Balaban J connectivity index is 1.73. The highest BCUT2D eigenvalue weighted by Gasteiger charge is 2.37. The average Bonchev–Trinajstić information content (AvgIpc) is 2.38. The van der Waals surface area contributed by atoms with Crippen LogP contribution >= 0.6 is 0 Å². The lowest BCUT2D eigenvalue weighted by Crippen LogP contribution is -2.50. The Labute approximate surface area is 109 Å². The van der Waals surface area contributed by atoms with E-state index in [1.165, 1.54) is 19.3 Å². The van der Waals surface area contributed by atoms with Gasteiger partial charge in [0.05, 0.1) is 13.2 Å². The SMILES string of the molecule is COCCC1(CNC(=O)N2CCOCC2)CCC1. The molecule has 18 heavy (non-hydrogen) atoms. The second-order valence-electron chi connectivity index (χ2n) is 5.35. The number of carbonyl (C=O) groups is 1. The Bertz CT molecular complexity index is 273. The molecule has 0 aromatic carbocycles. The van der Waals surface area contributed by atoms with E-state index < -0.39 is 0 Å². The summed E-state index contributed by atoms with van der Waals surface area (Å²) in [6.07, 6.45) is 4.74. The van der Waals surface area contributed by atoms with E-state index in [0.29, 0.717) is 26.3 Å². The standard InChI is InChI=1S/C13H24N2O3/c1-17-8-5-13(3-2-4-13)11-14-12(16)15-6-9-18-10-7-15/h2-11H2,1H3,(H,14,16). The van der Waals surface area contributed by atoms with Crippen molar-refractivity contribution in [1.29, 1.82) is 0 Å². The number of hydrogen-bond acceptors (Lipinski definition) is 3. The van der Waals surface area contributed by atoms with Crippen LogP contribution in [-0.2, 0) is 9.47 Å². The van der Waals surface area contributed by atoms with Gasteiger partial charge in [0, 0.05) is 33.4 Å². The Hall–Kier alpha value is -0.810. The van der Waals surface area contributed by atoms with Crippen LogP contribution in [0.4, 0.5) is 4.79 Å². The lowest BCUT2D eigenvalue weighted by molar-refractivity contribution is 0.0467. The summed E-state index contributed by atoms with van der Waals surface area (Å²) in [6.45, 7) is 4.29. The summed E-state index contributed by atoms with van der Waals surface area (Å²) in [5.74, 6) is 0. The van der Waals surface area contributed by atoms with Gasteiger partial charge in [-0.15, -0.1) is 0 Å². The van der Waals surface area contributed by atoms with Gasteiger partial charge in [-0.3, -0.25) is 0 Å². The minimum Gasteiger partial charge on any atom is -0.385 e. The van der Waals surface area contributed by atoms with Crippen molar-refractivity contribution >= 4 is 6.03 Å². The summed E-state index contributed by atoms with van der Waals surface area (Å²) in [6, 6.07) is 0.0574. The van der Waals surface area contributed by atoms with E-state index in [9.17, 15) is 4.79 Å². The lowest BCUT2D eigenvalue weighted by Gasteiger charge is -2.42. The summed E-state index contributed by atoms with van der Waals surface area (Å²) in [5, 5.41) is 3.08. The fourth-order valence-corrected chi connectivity index (χ4v) is 2.65. The molecule has 1 saturated carbocycles. The third kappa shape index (κ3) is 3.36. The molecular formula is C13H24N2O3. The van der Waals surface area contributed by atoms with Gasteiger partial charge in [0.1, 0.15) is 0 Å². The molecule has 0 unspecified atom stereocenters. The second kappa shape index (κ2) is 6.38. The normalized spacial score (nSPS) is 22.4. The number of ether oxygens (including phenoxy) is 2. The minimum absolute atomic E-state index is 0.0574. The first-order chi connectivity index (χ1) is 8.76. The summed E-state index contributed by atoms with van der Waals surface area (Å²) >= 11 is 0. The van der Waals surface area contributed by atoms with E-state index in [1.54, 1.807) is 7.11 Å². The second-order valence-corrected chi connectivity index (χ2v) is 5.35. The molecule has 1 saturated heterocycles. The predicted octanol–water partition coefficient (Wildman–Crippen LogP) is 1.23. The first kappa shape index (κ1) is 13.6. The molecule has 5 heteroatoms. The molecule has 1 heterocycles. The van der Waals surface area contributed by atoms with Crippen molar-refractivity contribution in [3.05, 3.63) is 0 Å². The van der Waals surface area contributed by atoms with Gasteiger partial charge in [-0.25, -0.2) is 4.79 Å². The molecule has 1 aliphatic carbocycles. The molecule has 2 amide bonds. The molecule has 1 aliphatic heterocycles. The molecule has 0 aromatic heterocycles. The first-order valence-corrected chi connectivity index (χ1v) is 6.85. The molecule has 0 spiro atoms. The lowest BCUT2D eigenvalue weighted by atomic mass is 9.67. The number of urea groups is 1. The zero-order valence-corrected chi connectivity index (χ0v) is 11.2. The molecule has 2 fully saturated rings. The average molecular weight is 256 g/mol. The smallest absolute Gasteiger partial charge is 0.317 e. The number of hydrogen-bond donors (Lipinski definition) is 1. The van der Waals surface area contributed by atoms with E-state index in [0.717, 1.165) is 19.6 Å². The van der Waals surface area contributed by atoms with Crippen molar-refractivity contribution in [1.82, 2.24) is 10.2 Å². The van der Waals surface area contributed by atoms with Crippen LogP contribution in [0, 0.1) is 5.41 Å². The van der Waals surface area contributed by atoms with Gasteiger partial charge in [-0.05, 0) is 24.7 Å². The maximum Gasteiger partial charge on any atom is 0.317 e. The maximum absolute atomic E-state index is 12.0. The van der Waals surface area contributed by atoms with Crippen LogP contribution in [0.15, 0.2) is 0 Å². The Kier molecular flexibility index (Phi) is 4.83. The fourth-order valence-electron chi connectivity index (χ4n) is 2.65. The van der Waals surface area contributed by atoms with Crippen molar-refractivity contribution < 1.29 is 14.3 Å². The third-order valence-corrected chi connectivity index (χ3v) is 4.16. The molecule has 2 aliphatic rings. The summed E-state index contributed by atoms with van der Waals surface area (Å²) in [5.41, 5.74) is 0.290. The molecule has 104 valence electrons. The number of nitrogens with zero attached hydrogens (tertiary/aromatic N) is 1. The number of rotatable bonds is 5. The Morgan fingerprint density at radius 1 is 1.39 bits per heavy atom. The van der Waals surface area contributed by atoms with Crippen LogP contribution in [0.1, 0.15) is 25.7 Å². The molecular weight excluding hydrogens is 232 g/mol. The summed E-state index contributed by atoms with van der Waals surface area (Å²) < 4.78 is 10.4. The van der Waals surface area contributed by atoms with Crippen LogP contribution in [0.5, 0.6) is 0 Å². The van der Waals surface area contributed by atoms with Gasteiger partial charge in [-0.1, -0.05) is 6.42 Å². The number of amides is 2. The van der Waals surface area contributed by atoms with Gasteiger partial charge in [0.15, 0.2) is 0 Å². The van der Waals surface area contributed by atoms with E-state index in [4.69, 9.17) is 9.47 Å². The van der Waals surface area contributed by atoms with Crippen molar-refractivity contribution in [2.45, 2.75) is 25.7 Å². The highest BCUT2D eigenvalue weighted by molar-refractivity contribution is 5.74. The van der Waals surface area contributed by atoms with Gasteiger partial charge in [-0.2, -0.15) is 0 Å². The van der Waals surface area contributed by atoms with Gasteiger partial charge < -0.3 is 19.7 Å². The number of carbonyl (C=O) groups excluding carboxylic acids is 1. The fraction of sp³-hybridized carbons (Fsp3) is 0.923. The van der Waals surface area contributed by atoms with Crippen molar-refractivity contribution in [2.24, 2.45) is 5.41 Å². The zero-order valence-electron chi connectivity index (χ0n) is 11.2. The van der Waals surface area contributed by atoms with E-state index in [1.807, 2.05) is 4.90 Å². The summed E-state index contributed by atoms with van der Waals surface area (Å²) in [7, 11) is 1.73. The first-order valence-electron chi connectivity index (χ1n) is 6.85. The quantitative estimate of drug-likeness (QED) is 0.805. The van der Waals surface area contributed by atoms with Crippen molar-refractivity contribution in [3.63, 3.8) is 0 Å². The Morgan fingerprint density at radius 2 is 2.11 bits per heavy atom. The topological polar surface area (TPSA) is 50.8 Å². The molecule has 0 atom stereocenters. The highest BCUT2D eigenvalue weighted by atomic mass is 16.5. The molecule has 5 nitrogen and oxygen atoms in total. The van der Waals surface area contributed by atoms with E-state index >= 15 is 0 Å². The zero-order chi connectivity index (χ0) is 12.8. The van der Waals surface area contributed by atoms with E-state index in [2.05, 4.69) is 5.32 Å². The maximum atomic E-state index is 12.0. The highest BCUT2D eigenvalue weighted by Crippen LogP contribution is 2.43. The van der Waals surface area contributed by atoms with Crippen LogP contribution in [0.2, 0.25) is 0 Å². The predicted molar refractivity (Wildman–Crippen MR) is 68.6 cm³/mol. The molecule has 0 aromatic rings. The number of morpholine rings is 1. The minimum atomic E-state index is 0.0574. The third-order valence-electron chi connectivity index (χ3n) is 4.16. The Morgan fingerprint density at radius 3 is 2.67 bits per heavy atom. The van der Waals surface area contributed by atoms with Crippen LogP contribution in [-0.4, -0.2) is 57.5 Å². The monoisotopic (exact) mass is 256 g/mol. The largest absolute Gasteiger partial charge is 0.385 e. The van der Waals surface area contributed by atoms with E-state index in [-0.39, 0.29) is 11.4 Å². The van der Waals surface area contributed by atoms with Gasteiger partial charge >= 0.3 is 6.03 Å². The summed E-state index contributed by atoms with van der Waals surface area (Å²) in [4.78, 5) is 13.8. The molecule has 2 rings (SSSR count). The van der Waals surface area contributed by atoms with Gasteiger partial charge in [0.25, 0.3) is 0 Å². The van der Waals surface area contributed by atoms with Gasteiger partial charge in [0.2, 0.25) is 0 Å².